The van der Waals surface area contributed by atoms with Crippen molar-refractivity contribution in [3.05, 3.63) is 66.0 Å². The van der Waals surface area contributed by atoms with Crippen LogP contribution in [0.1, 0.15) is 16.2 Å². The highest BCUT2D eigenvalue weighted by molar-refractivity contribution is 5.92. The molecule has 0 aliphatic heterocycles. The maximum Gasteiger partial charge on any atom is 0.342 e. The van der Waals surface area contributed by atoms with Gasteiger partial charge in [0.25, 0.3) is 0 Å². The predicted octanol–water partition coefficient (Wildman–Crippen LogP) is 2.33. The highest BCUT2D eigenvalue weighted by Crippen LogP contribution is 2.20. The Morgan fingerprint density at radius 3 is 2.40 bits per heavy atom. The fourth-order valence-electron chi connectivity index (χ4n) is 2.49. The minimum absolute atomic E-state index is 0.0573. The van der Waals surface area contributed by atoms with E-state index in [4.69, 9.17) is 19.9 Å². The fourth-order valence-corrected chi connectivity index (χ4v) is 2.49. The van der Waals surface area contributed by atoms with Gasteiger partial charge in [-0.2, -0.15) is 15.0 Å². The Kier molecular flexibility index (Phi) is 6.99. The second kappa shape index (κ2) is 10.1. The molecule has 0 saturated carbocycles. The average Bonchev–Trinajstić information content (AvgIpc) is 2.75. The van der Waals surface area contributed by atoms with Crippen molar-refractivity contribution in [1.29, 1.82) is 0 Å². The summed E-state index contributed by atoms with van der Waals surface area (Å²) < 4.78 is 16.6. The Hall–Kier alpha value is -3.88. The van der Waals surface area contributed by atoms with Gasteiger partial charge in [-0.05, 0) is 24.3 Å². The molecular weight excluding hydrogens is 386 g/mol. The average molecular weight is 409 g/mol. The number of aromatic nitrogens is 3. The predicted molar refractivity (Wildman–Crippen MR) is 112 cm³/mol. The molecule has 0 amide bonds. The monoisotopic (exact) mass is 409 g/mol. The zero-order chi connectivity index (χ0) is 21.3. The fraction of sp³-hybridized carbons (Fsp3) is 0.238. The van der Waals surface area contributed by atoms with Gasteiger partial charge in [0.15, 0.2) is 12.4 Å². The first-order chi connectivity index (χ1) is 14.5. The molecule has 0 saturated heterocycles. The molecule has 9 heteroatoms. The van der Waals surface area contributed by atoms with Crippen molar-refractivity contribution in [1.82, 2.24) is 15.0 Å². The highest BCUT2D eigenvalue weighted by atomic mass is 16.5. The summed E-state index contributed by atoms with van der Waals surface area (Å²) in [6.07, 6.45) is 0. The number of hydrogen-bond donors (Lipinski definition) is 1. The van der Waals surface area contributed by atoms with Crippen LogP contribution in [0.4, 0.5) is 11.9 Å². The van der Waals surface area contributed by atoms with Crippen LogP contribution in [0.3, 0.4) is 0 Å². The van der Waals surface area contributed by atoms with Crippen molar-refractivity contribution in [2.24, 2.45) is 0 Å². The van der Waals surface area contributed by atoms with Gasteiger partial charge < -0.3 is 24.8 Å². The summed E-state index contributed by atoms with van der Waals surface area (Å²) in [5, 5.41) is 0. The number of para-hydroxylation sites is 2. The summed E-state index contributed by atoms with van der Waals surface area (Å²) in [5.74, 6) is 1.30. The summed E-state index contributed by atoms with van der Waals surface area (Å²) in [6, 6.07) is 16.3. The van der Waals surface area contributed by atoms with E-state index >= 15 is 0 Å². The molecule has 0 aliphatic carbocycles. The van der Waals surface area contributed by atoms with Gasteiger partial charge in [0.05, 0.1) is 0 Å². The van der Waals surface area contributed by atoms with Crippen LogP contribution in [0.15, 0.2) is 54.6 Å². The number of nitrogens with two attached hydrogens (primary N) is 1. The van der Waals surface area contributed by atoms with Crippen LogP contribution in [0, 0.1) is 0 Å². The van der Waals surface area contributed by atoms with E-state index in [1.165, 1.54) is 0 Å². The number of rotatable bonds is 9. The zero-order valence-electron chi connectivity index (χ0n) is 16.8. The van der Waals surface area contributed by atoms with E-state index in [0.29, 0.717) is 23.9 Å². The minimum Gasteiger partial charge on any atom is -0.490 e. The van der Waals surface area contributed by atoms with Crippen molar-refractivity contribution in [3.63, 3.8) is 0 Å². The molecule has 3 aromatic rings. The Balaban J connectivity index is 1.57. The number of benzene rings is 2. The lowest BCUT2D eigenvalue weighted by Gasteiger charge is -2.13. The van der Waals surface area contributed by atoms with Gasteiger partial charge in [0.2, 0.25) is 11.9 Å². The van der Waals surface area contributed by atoms with E-state index in [1.807, 2.05) is 30.3 Å². The molecular formula is C21H23N5O4. The summed E-state index contributed by atoms with van der Waals surface area (Å²) in [4.78, 5) is 26.4. The molecule has 0 aliphatic rings. The Bertz CT molecular complexity index is 982. The number of hydrogen-bond acceptors (Lipinski definition) is 9. The molecule has 1 heterocycles. The largest absolute Gasteiger partial charge is 0.490 e. The molecule has 2 N–H and O–H groups in total. The first kappa shape index (κ1) is 20.8. The zero-order valence-corrected chi connectivity index (χ0v) is 16.8. The molecule has 1 aromatic heterocycles. The molecule has 156 valence electrons. The molecule has 0 atom stereocenters. The first-order valence-electron chi connectivity index (χ1n) is 9.27. The number of nitrogen functional groups attached to an aromatic ring is 1. The quantitative estimate of drug-likeness (QED) is 0.420. The molecule has 0 radical (unpaired) electrons. The third-order valence-electron chi connectivity index (χ3n) is 3.88. The molecule has 9 nitrogen and oxygen atoms in total. The third-order valence-corrected chi connectivity index (χ3v) is 3.88. The van der Waals surface area contributed by atoms with Crippen LogP contribution >= 0.6 is 0 Å². The van der Waals surface area contributed by atoms with E-state index in [1.54, 1.807) is 43.3 Å². The summed E-state index contributed by atoms with van der Waals surface area (Å²) >= 11 is 0. The van der Waals surface area contributed by atoms with Gasteiger partial charge in [-0.15, -0.1) is 0 Å². The van der Waals surface area contributed by atoms with Gasteiger partial charge in [0.1, 0.15) is 30.3 Å². The number of carbonyl (C=O) groups is 1. The lowest BCUT2D eigenvalue weighted by atomic mass is 10.2. The number of ether oxygens (including phenoxy) is 3. The minimum atomic E-state index is -0.556. The maximum atomic E-state index is 12.6. The van der Waals surface area contributed by atoms with Gasteiger partial charge >= 0.3 is 5.97 Å². The Labute approximate surface area is 174 Å². The molecule has 0 spiro atoms. The maximum absolute atomic E-state index is 12.6. The lowest BCUT2D eigenvalue weighted by Crippen LogP contribution is -2.17. The number of carbonyl (C=O) groups excluding carboxylic acids is 1. The molecule has 0 bridgehead atoms. The van der Waals surface area contributed by atoms with Crippen molar-refractivity contribution in [2.75, 3.05) is 37.9 Å². The molecule has 0 unspecified atom stereocenters. The van der Waals surface area contributed by atoms with Crippen LogP contribution in [-0.2, 0) is 11.3 Å². The van der Waals surface area contributed by atoms with Crippen molar-refractivity contribution in [2.45, 2.75) is 6.61 Å². The summed E-state index contributed by atoms with van der Waals surface area (Å²) in [5.41, 5.74) is 5.99. The van der Waals surface area contributed by atoms with Gasteiger partial charge in [-0.25, -0.2) is 4.79 Å². The van der Waals surface area contributed by atoms with E-state index in [2.05, 4.69) is 15.0 Å². The van der Waals surface area contributed by atoms with Gasteiger partial charge in [-0.3, -0.25) is 0 Å². The SMILES string of the molecule is CN(C)c1nc(N)nc(COC(=O)c2ccccc2OCCOc2ccccc2)n1. The van der Waals surface area contributed by atoms with Crippen LogP contribution < -0.4 is 20.1 Å². The van der Waals surface area contributed by atoms with Gasteiger partial charge in [-0.1, -0.05) is 30.3 Å². The molecule has 0 fully saturated rings. The highest BCUT2D eigenvalue weighted by Gasteiger charge is 2.15. The number of nitrogens with zero attached hydrogens (tertiary/aromatic N) is 4. The van der Waals surface area contributed by atoms with Crippen molar-refractivity contribution >= 4 is 17.9 Å². The number of anilines is 2. The third kappa shape index (κ3) is 5.81. The standard InChI is InChI=1S/C21H23N5O4/c1-26(2)21-24-18(23-20(22)25-21)14-30-19(27)16-10-6-7-11-17(16)29-13-12-28-15-8-4-3-5-9-15/h3-11H,12-14H2,1-2H3,(H2,22,23,24,25). The van der Waals surface area contributed by atoms with E-state index in [0.717, 1.165) is 5.75 Å². The molecule has 2 aromatic carbocycles. The second-order valence-corrected chi connectivity index (χ2v) is 6.39. The van der Waals surface area contributed by atoms with Crippen LogP contribution in [0.2, 0.25) is 0 Å². The normalized spacial score (nSPS) is 10.3. The smallest absolute Gasteiger partial charge is 0.342 e. The second-order valence-electron chi connectivity index (χ2n) is 6.39. The van der Waals surface area contributed by atoms with Crippen LogP contribution in [0.5, 0.6) is 11.5 Å². The summed E-state index contributed by atoms with van der Waals surface area (Å²) in [7, 11) is 3.55. The summed E-state index contributed by atoms with van der Waals surface area (Å²) in [6.45, 7) is 0.470. The van der Waals surface area contributed by atoms with Crippen molar-refractivity contribution in [3.8, 4) is 11.5 Å². The van der Waals surface area contributed by atoms with E-state index in [-0.39, 0.29) is 25.0 Å². The van der Waals surface area contributed by atoms with E-state index in [9.17, 15) is 4.79 Å². The topological polar surface area (TPSA) is 113 Å². The Morgan fingerprint density at radius 1 is 0.933 bits per heavy atom. The van der Waals surface area contributed by atoms with E-state index < -0.39 is 5.97 Å². The lowest BCUT2D eigenvalue weighted by molar-refractivity contribution is 0.0456. The first-order valence-corrected chi connectivity index (χ1v) is 9.27. The van der Waals surface area contributed by atoms with Crippen molar-refractivity contribution < 1.29 is 19.0 Å². The number of esters is 1. The van der Waals surface area contributed by atoms with Crippen LogP contribution in [0.25, 0.3) is 0 Å². The molecule has 30 heavy (non-hydrogen) atoms. The molecule has 3 rings (SSSR count). The van der Waals surface area contributed by atoms with Crippen LogP contribution in [-0.4, -0.2) is 48.2 Å². The van der Waals surface area contributed by atoms with Gasteiger partial charge in [0, 0.05) is 14.1 Å². The Morgan fingerprint density at radius 2 is 1.63 bits per heavy atom.